The van der Waals surface area contributed by atoms with E-state index in [1.165, 1.54) is 24.0 Å². The number of carbonyl (C=O) groups excluding carboxylic acids is 1. The van der Waals surface area contributed by atoms with E-state index in [2.05, 4.69) is 44.3 Å². The summed E-state index contributed by atoms with van der Waals surface area (Å²) in [7, 11) is 1.86. The lowest BCUT2D eigenvalue weighted by molar-refractivity contribution is 0.100. The molecule has 3 N–H and O–H groups in total. The van der Waals surface area contributed by atoms with Crippen molar-refractivity contribution in [2.75, 3.05) is 12.4 Å². The second-order valence-electron chi connectivity index (χ2n) is 5.63. The third-order valence-corrected chi connectivity index (χ3v) is 4.31. The molecule has 0 aromatic heterocycles. The van der Waals surface area contributed by atoms with Gasteiger partial charge in [0.2, 0.25) is 0 Å². The maximum atomic E-state index is 11.6. The Bertz CT molecular complexity index is 520. The maximum Gasteiger partial charge on any atom is 0.250 e. The molecule has 0 fully saturated rings. The number of anilines is 1. The van der Waals surface area contributed by atoms with E-state index < -0.39 is 0 Å². The number of unbranched alkanes of at least 4 members (excludes halogenated alkanes) is 1. The van der Waals surface area contributed by atoms with Gasteiger partial charge < -0.3 is 11.1 Å². The quantitative estimate of drug-likeness (QED) is 0.516. The standard InChI is InChI=1S/C19H30N2O/c1-5-8-9-10-11-14(6-2)16-12-13-17(19(20)22)18(21-4)15(16)7-3/h5,8,12-14,21H,6-7,9-11H2,1-4H3,(H2,20,22). The average Bonchev–Trinajstić information content (AvgIpc) is 2.53. The van der Waals surface area contributed by atoms with Crippen molar-refractivity contribution in [1.29, 1.82) is 0 Å². The molecule has 1 amide bonds. The molecule has 122 valence electrons. The first-order valence-corrected chi connectivity index (χ1v) is 8.35. The summed E-state index contributed by atoms with van der Waals surface area (Å²) in [6.45, 7) is 6.44. The van der Waals surface area contributed by atoms with Crippen LogP contribution in [0.25, 0.3) is 0 Å². The Kier molecular flexibility index (Phi) is 7.72. The molecule has 3 nitrogen and oxygen atoms in total. The van der Waals surface area contributed by atoms with Gasteiger partial charge in [-0.1, -0.05) is 32.1 Å². The Labute approximate surface area is 135 Å². The van der Waals surface area contributed by atoms with Crippen molar-refractivity contribution in [2.24, 2.45) is 5.73 Å². The molecule has 1 atom stereocenters. The minimum Gasteiger partial charge on any atom is -0.387 e. The van der Waals surface area contributed by atoms with Crippen LogP contribution in [0.2, 0.25) is 0 Å². The van der Waals surface area contributed by atoms with E-state index in [1.54, 1.807) is 0 Å². The zero-order chi connectivity index (χ0) is 16.5. The zero-order valence-corrected chi connectivity index (χ0v) is 14.4. The van der Waals surface area contributed by atoms with Gasteiger partial charge in [-0.05, 0) is 62.1 Å². The molecular weight excluding hydrogens is 272 g/mol. The van der Waals surface area contributed by atoms with Gasteiger partial charge >= 0.3 is 0 Å². The average molecular weight is 302 g/mol. The summed E-state index contributed by atoms with van der Waals surface area (Å²) in [4.78, 5) is 11.6. The minimum absolute atomic E-state index is 0.369. The Morgan fingerprint density at radius 1 is 1.36 bits per heavy atom. The Hall–Kier alpha value is -1.77. The SMILES string of the molecule is CC=CCCCC(CC)c1ccc(C(N)=O)c(NC)c1CC. The highest BCUT2D eigenvalue weighted by Crippen LogP contribution is 2.34. The minimum atomic E-state index is -0.369. The molecule has 1 aromatic carbocycles. The van der Waals surface area contributed by atoms with Crippen LogP contribution in [0.4, 0.5) is 5.69 Å². The number of nitrogens with one attached hydrogen (secondary N) is 1. The van der Waals surface area contributed by atoms with Crippen LogP contribution in [0, 0.1) is 0 Å². The van der Waals surface area contributed by atoms with E-state index in [-0.39, 0.29) is 5.91 Å². The summed E-state index contributed by atoms with van der Waals surface area (Å²) < 4.78 is 0. The van der Waals surface area contributed by atoms with Crippen molar-refractivity contribution >= 4 is 11.6 Å². The molecule has 1 aromatic rings. The molecule has 3 heteroatoms. The van der Waals surface area contributed by atoms with Crippen molar-refractivity contribution in [2.45, 2.75) is 58.8 Å². The third kappa shape index (κ3) is 4.36. The first-order chi connectivity index (χ1) is 10.6. The number of primary amides is 1. The Balaban J connectivity index is 3.13. The van der Waals surface area contributed by atoms with E-state index in [4.69, 9.17) is 5.73 Å². The van der Waals surface area contributed by atoms with Crippen LogP contribution in [0.5, 0.6) is 0 Å². The highest BCUT2D eigenvalue weighted by Gasteiger charge is 2.19. The van der Waals surface area contributed by atoms with E-state index in [0.717, 1.165) is 24.9 Å². The normalized spacial score (nSPS) is 12.5. The van der Waals surface area contributed by atoms with Crippen LogP contribution in [0.3, 0.4) is 0 Å². The Morgan fingerprint density at radius 3 is 2.59 bits per heavy atom. The van der Waals surface area contributed by atoms with Crippen molar-refractivity contribution < 1.29 is 4.79 Å². The molecule has 0 radical (unpaired) electrons. The lowest BCUT2D eigenvalue weighted by Crippen LogP contribution is -2.16. The second kappa shape index (κ2) is 9.29. The van der Waals surface area contributed by atoms with E-state index in [0.29, 0.717) is 11.5 Å². The van der Waals surface area contributed by atoms with Crippen LogP contribution in [-0.4, -0.2) is 13.0 Å². The molecule has 22 heavy (non-hydrogen) atoms. The van der Waals surface area contributed by atoms with Gasteiger partial charge in [-0.3, -0.25) is 4.79 Å². The van der Waals surface area contributed by atoms with E-state index >= 15 is 0 Å². The number of rotatable bonds is 9. The zero-order valence-electron chi connectivity index (χ0n) is 14.4. The fraction of sp³-hybridized carbons (Fsp3) is 0.526. The molecule has 0 aliphatic carbocycles. The summed E-state index contributed by atoms with van der Waals surface area (Å²) in [6, 6.07) is 3.97. The molecule has 0 aliphatic rings. The van der Waals surface area contributed by atoms with Gasteiger partial charge in [0.05, 0.1) is 11.3 Å². The van der Waals surface area contributed by atoms with Crippen LogP contribution < -0.4 is 11.1 Å². The molecule has 1 unspecified atom stereocenters. The van der Waals surface area contributed by atoms with Crippen LogP contribution in [0.1, 0.15) is 73.9 Å². The van der Waals surface area contributed by atoms with Gasteiger partial charge in [-0.25, -0.2) is 0 Å². The monoisotopic (exact) mass is 302 g/mol. The van der Waals surface area contributed by atoms with E-state index in [9.17, 15) is 4.79 Å². The van der Waals surface area contributed by atoms with Gasteiger partial charge in [0.25, 0.3) is 5.91 Å². The predicted molar refractivity (Wildman–Crippen MR) is 95.6 cm³/mol. The smallest absolute Gasteiger partial charge is 0.250 e. The number of hydrogen-bond acceptors (Lipinski definition) is 2. The summed E-state index contributed by atoms with van der Waals surface area (Å²) in [5, 5.41) is 3.18. The molecule has 0 saturated heterocycles. The number of benzene rings is 1. The van der Waals surface area contributed by atoms with Gasteiger partial charge in [0.15, 0.2) is 0 Å². The highest BCUT2D eigenvalue weighted by molar-refractivity contribution is 5.99. The first-order valence-electron chi connectivity index (χ1n) is 8.35. The molecule has 0 aliphatic heterocycles. The topological polar surface area (TPSA) is 55.1 Å². The molecule has 0 spiro atoms. The predicted octanol–water partition coefficient (Wildman–Crippen LogP) is 4.63. The maximum absolute atomic E-state index is 11.6. The van der Waals surface area contributed by atoms with Crippen LogP contribution in [-0.2, 0) is 6.42 Å². The highest BCUT2D eigenvalue weighted by atomic mass is 16.1. The van der Waals surface area contributed by atoms with Crippen molar-refractivity contribution in [3.63, 3.8) is 0 Å². The molecule has 0 bridgehead atoms. The number of allylic oxidation sites excluding steroid dienone is 2. The summed E-state index contributed by atoms with van der Waals surface area (Å²) >= 11 is 0. The molecule has 0 saturated carbocycles. The molecule has 1 rings (SSSR count). The van der Waals surface area contributed by atoms with Gasteiger partial charge in [-0.15, -0.1) is 0 Å². The number of amides is 1. The largest absolute Gasteiger partial charge is 0.387 e. The van der Waals surface area contributed by atoms with Crippen molar-refractivity contribution in [3.8, 4) is 0 Å². The summed E-state index contributed by atoms with van der Waals surface area (Å²) in [5.74, 6) is 0.168. The third-order valence-electron chi connectivity index (χ3n) is 4.31. The molecule has 0 heterocycles. The summed E-state index contributed by atoms with van der Waals surface area (Å²) in [6.07, 6.45) is 9.85. The van der Waals surface area contributed by atoms with Crippen LogP contribution >= 0.6 is 0 Å². The van der Waals surface area contributed by atoms with Crippen molar-refractivity contribution in [3.05, 3.63) is 41.0 Å². The lowest BCUT2D eigenvalue weighted by Gasteiger charge is -2.22. The van der Waals surface area contributed by atoms with Gasteiger partial charge in [0.1, 0.15) is 0 Å². The first kappa shape index (κ1) is 18.3. The fourth-order valence-corrected chi connectivity index (χ4v) is 3.15. The van der Waals surface area contributed by atoms with E-state index in [1.807, 2.05) is 13.1 Å². The molecular formula is C19H30N2O. The number of hydrogen-bond donors (Lipinski definition) is 2. The van der Waals surface area contributed by atoms with Crippen molar-refractivity contribution in [1.82, 2.24) is 0 Å². The number of carbonyl (C=O) groups is 1. The summed E-state index contributed by atoms with van der Waals surface area (Å²) in [5.41, 5.74) is 9.59. The van der Waals surface area contributed by atoms with Crippen LogP contribution in [0.15, 0.2) is 24.3 Å². The van der Waals surface area contributed by atoms with Gasteiger partial charge in [0, 0.05) is 7.05 Å². The lowest BCUT2D eigenvalue weighted by atomic mass is 9.85. The Morgan fingerprint density at radius 2 is 2.09 bits per heavy atom. The number of nitrogens with two attached hydrogens (primary N) is 1. The van der Waals surface area contributed by atoms with Gasteiger partial charge in [-0.2, -0.15) is 0 Å². The fourth-order valence-electron chi connectivity index (χ4n) is 3.15. The second-order valence-corrected chi connectivity index (χ2v) is 5.63.